The Bertz CT molecular complexity index is 501. The van der Waals surface area contributed by atoms with Crippen molar-refractivity contribution in [2.24, 2.45) is 5.73 Å². The second kappa shape index (κ2) is 4.34. The molecule has 2 aromatic rings. The van der Waals surface area contributed by atoms with E-state index in [4.69, 9.17) is 5.73 Å². The summed E-state index contributed by atoms with van der Waals surface area (Å²) in [6.07, 6.45) is 7.44. The van der Waals surface area contributed by atoms with Gasteiger partial charge in [-0.3, -0.25) is 4.98 Å². The van der Waals surface area contributed by atoms with E-state index in [1.807, 2.05) is 18.3 Å². The summed E-state index contributed by atoms with van der Waals surface area (Å²) in [6, 6.07) is 8.44. The molecule has 0 radical (unpaired) electrons. The van der Waals surface area contributed by atoms with Crippen LogP contribution in [0, 0.1) is 0 Å². The van der Waals surface area contributed by atoms with Crippen LogP contribution in [0.1, 0.15) is 35.8 Å². The highest BCUT2D eigenvalue weighted by Gasteiger charge is 2.19. The van der Waals surface area contributed by atoms with Crippen molar-refractivity contribution in [3.8, 4) is 0 Å². The predicted molar refractivity (Wildman–Crippen MR) is 67.6 cm³/mol. The molecule has 1 aliphatic rings. The zero-order valence-electron chi connectivity index (χ0n) is 9.84. The summed E-state index contributed by atoms with van der Waals surface area (Å²) in [5, 5.41) is 0. The monoisotopic (exact) mass is 227 g/mol. The van der Waals surface area contributed by atoms with Gasteiger partial charge in [0.15, 0.2) is 0 Å². The minimum Gasteiger partial charge on any atom is -0.345 e. The standard InChI is InChI=1S/C14H17N3/c15-13-5-3-6-14-12(13)7-9-17(14)10-11-4-1-2-8-16-11/h1-2,4,7-9,13H,3,5-6,10,15H2. The van der Waals surface area contributed by atoms with Gasteiger partial charge in [-0.05, 0) is 43.0 Å². The van der Waals surface area contributed by atoms with Crippen molar-refractivity contribution < 1.29 is 0 Å². The van der Waals surface area contributed by atoms with Gasteiger partial charge in [0.25, 0.3) is 0 Å². The summed E-state index contributed by atoms with van der Waals surface area (Å²) in [5.74, 6) is 0. The van der Waals surface area contributed by atoms with Crippen molar-refractivity contribution in [1.82, 2.24) is 9.55 Å². The molecule has 17 heavy (non-hydrogen) atoms. The van der Waals surface area contributed by atoms with Crippen molar-refractivity contribution in [3.05, 3.63) is 53.6 Å². The van der Waals surface area contributed by atoms with Crippen LogP contribution in [0.3, 0.4) is 0 Å². The summed E-state index contributed by atoms with van der Waals surface area (Å²) in [5.41, 5.74) is 9.95. The van der Waals surface area contributed by atoms with Gasteiger partial charge in [-0.15, -0.1) is 0 Å². The Labute approximate surface area is 101 Å². The number of pyridine rings is 1. The molecular weight excluding hydrogens is 210 g/mol. The first kappa shape index (κ1) is 10.5. The molecule has 1 unspecified atom stereocenters. The summed E-state index contributed by atoms with van der Waals surface area (Å²) >= 11 is 0. The van der Waals surface area contributed by atoms with E-state index < -0.39 is 0 Å². The molecule has 0 aromatic carbocycles. The van der Waals surface area contributed by atoms with Gasteiger partial charge in [0, 0.05) is 24.1 Å². The SMILES string of the molecule is NC1CCCc2c1ccn2Cc1ccccn1. The van der Waals surface area contributed by atoms with Gasteiger partial charge in [0.05, 0.1) is 12.2 Å². The predicted octanol–water partition coefficient (Wildman–Crippen LogP) is 2.27. The minimum absolute atomic E-state index is 0.226. The van der Waals surface area contributed by atoms with Gasteiger partial charge in [0.2, 0.25) is 0 Å². The van der Waals surface area contributed by atoms with Crippen LogP contribution in [0.2, 0.25) is 0 Å². The van der Waals surface area contributed by atoms with Crippen LogP contribution < -0.4 is 5.73 Å². The van der Waals surface area contributed by atoms with Gasteiger partial charge in [-0.1, -0.05) is 6.07 Å². The smallest absolute Gasteiger partial charge is 0.0645 e. The molecular formula is C14H17N3. The first-order valence-electron chi connectivity index (χ1n) is 6.18. The molecule has 3 nitrogen and oxygen atoms in total. The molecule has 0 aliphatic heterocycles. The average molecular weight is 227 g/mol. The highest BCUT2D eigenvalue weighted by Crippen LogP contribution is 2.28. The minimum atomic E-state index is 0.226. The van der Waals surface area contributed by atoms with Crippen LogP contribution >= 0.6 is 0 Å². The Kier molecular flexibility index (Phi) is 2.69. The molecule has 3 heteroatoms. The number of hydrogen-bond acceptors (Lipinski definition) is 2. The molecule has 0 amide bonds. The maximum Gasteiger partial charge on any atom is 0.0645 e. The van der Waals surface area contributed by atoms with Crippen LogP contribution in [0.15, 0.2) is 36.7 Å². The lowest BCUT2D eigenvalue weighted by Crippen LogP contribution is -2.18. The molecule has 0 saturated heterocycles. The fourth-order valence-electron chi connectivity index (χ4n) is 2.61. The second-order valence-electron chi connectivity index (χ2n) is 4.67. The van der Waals surface area contributed by atoms with Crippen LogP contribution in [-0.4, -0.2) is 9.55 Å². The van der Waals surface area contributed by atoms with Crippen molar-refractivity contribution in [1.29, 1.82) is 0 Å². The maximum atomic E-state index is 6.12. The van der Waals surface area contributed by atoms with E-state index in [0.717, 1.165) is 25.1 Å². The highest BCUT2D eigenvalue weighted by molar-refractivity contribution is 5.29. The highest BCUT2D eigenvalue weighted by atomic mass is 15.0. The Morgan fingerprint density at radius 1 is 1.35 bits per heavy atom. The molecule has 0 fully saturated rings. The van der Waals surface area contributed by atoms with Gasteiger partial charge in [-0.2, -0.15) is 0 Å². The van der Waals surface area contributed by atoms with E-state index in [1.165, 1.54) is 17.7 Å². The molecule has 3 rings (SSSR count). The Morgan fingerprint density at radius 2 is 2.29 bits per heavy atom. The number of aromatic nitrogens is 2. The van der Waals surface area contributed by atoms with Crippen LogP contribution in [0.5, 0.6) is 0 Å². The third-order valence-corrected chi connectivity index (χ3v) is 3.50. The molecule has 2 aromatic heterocycles. The van der Waals surface area contributed by atoms with Crippen LogP contribution in [0.4, 0.5) is 0 Å². The maximum absolute atomic E-state index is 6.12. The lowest BCUT2D eigenvalue weighted by molar-refractivity contribution is 0.547. The molecule has 2 N–H and O–H groups in total. The fraction of sp³-hybridized carbons (Fsp3) is 0.357. The Hall–Kier alpha value is -1.61. The summed E-state index contributed by atoms with van der Waals surface area (Å²) in [4.78, 5) is 4.37. The third-order valence-electron chi connectivity index (χ3n) is 3.50. The zero-order valence-corrected chi connectivity index (χ0v) is 9.84. The number of rotatable bonds is 2. The van der Waals surface area contributed by atoms with Crippen LogP contribution in [-0.2, 0) is 13.0 Å². The first-order chi connectivity index (χ1) is 8.34. The van der Waals surface area contributed by atoms with Gasteiger partial charge in [-0.25, -0.2) is 0 Å². The lowest BCUT2D eigenvalue weighted by Gasteiger charge is -2.20. The largest absolute Gasteiger partial charge is 0.345 e. The van der Waals surface area contributed by atoms with E-state index >= 15 is 0 Å². The fourth-order valence-corrected chi connectivity index (χ4v) is 2.61. The number of fused-ring (bicyclic) bond motifs is 1. The zero-order chi connectivity index (χ0) is 11.7. The van der Waals surface area contributed by atoms with E-state index in [-0.39, 0.29) is 6.04 Å². The Morgan fingerprint density at radius 3 is 3.12 bits per heavy atom. The molecule has 0 saturated carbocycles. The summed E-state index contributed by atoms with van der Waals surface area (Å²) < 4.78 is 2.29. The lowest BCUT2D eigenvalue weighted by atomic mass is 9.94. The molecule has 88 valence electrons. The number of hydrogen-bond donors (Lipinski definition) is 1. The molecule has 0 spiro atoms. The molecule has 1 atom stereocenters. The van der Waals surface area contributed by atoms with E-state index in [2.05, 4.69) is 27.9 Å². The Balaban J connectivity index is 1.90. The van der Waals surface area contributed by atoms with Crippen molar-refractivity contribution in [2.45, 2.75) is 31.8 Å². The van der Waals surface area contributed by atoms with Gasteiger partial charge < -0.3 is 10.3 Å². The topological polar surface area (TPSA) is 43.8 Å². The summed E-state index contributed by atoms with van der Waals surface area (Å²) in [6.45, 7) is 0.850. The summed E-state index contributed by atoms with van der Waals surface area (Å²) in [7, 11) is 0. The normalized spacial score (nSPS) is 19.0. The van der Waals surface area contributed by atoms with Crippen molar-refractivity contribution >= 4 is 0 Å². The number of nitrogens with zero attached hydrogens (tertiary/aromatic N) is 2. The molecule has 2 heterocycles. The van der Waals surface area contributed by atoms with E-state index in [9.17, 15) is 0 Å². The third kappa shape index (κ3) is 1.98. The second-order valence-corrected chi connectivity index (χ2v) is 4.67. The van der Waals surface area contributed by atoms with Gasteiger partial charge in [0.1, 0.15) is 0 Å². The first-order valence-corrected chi connectivity index (χ1v) is 6.18. The quantitative estimate of drug-likeness (QED) is 0.855. The molecule has 0 bridgehead atoms. The molecule has 1 aliphatic carbocycles. The average Bonchev–Trinajstić information content (AvgIpc) is 2.76. The van der Waals surface area contributed by atoms with E-state index in [1.54, 1.807) is 0 Å². The van der Waals surface area contributed by atoms with Crippen molar-refractivity contribution in [3.63, 3.8) is 0 Å². The van der Waals surface area contributed by atoms with Gasteiger partial charge >= 0.3 is 0 Å². The van der Waals surface area contributed by atoms with E-state index in [0.29, 0.717) is 0 Å². The number of nitrogens with two attached hydrogens (primary N) is 1. The van der Waals surface area contributed by atoms with Crippen LogP contribution in [0.25, 0.3) is 0 Å². The van der Waals surface area contributed by atoms with Crippen molar-refractivity contribution in [2.75, 3.05) is 0 Å².